The predicted octanol–water partition coefficient (Wildman–Crippen LogP) is 3.46. The maximum absolute atomic E-state index is 13.5. The van der Waals surface area contributed by atoms with E-state index in [0.29, 0.717) is 5.56 Å². The Balaban J connectivity index is 3.08. The van der Waals surface area contributed by atoms with E-state index in [2.05, 4.69) is 0 Å². The molecule has 5 heteroatoms. The van der Waals surface area contributed by atoms with Gasteiger partial charge in [-0.3, -0.25) is 10.1 Å². The first-order chi connectivity index (χ1) is 6.93. The average molecular weight is 232 g/mol. The molecule has 2 unspecified atom stereocenters. The molecule has 0 fully saturated rings. The van der Waals surface area contributed by atoms with E-state index in [9.17, 15) is 14.5 Å². The number of hydrogen-bond donors (Lipinski definition) is 0. The molecule has 0 spiro atoms. The molecule has 0 saturated carbocycles. The van der Waals surface area contributed by atoms with Crippen LogP contribution in [0.4, 0.5) is 10.1 Å². The van der Waals surface area contributed by atoms with Crippen molar-refractivity contribution in [1.82, 2.24) is 0 Å². The normalized spacial score (nSPS) is 14.7. The Morgan fingerprint density at radius 2 is 2.07 bits per heavy atom. The van der Waals surface area contributed by atoms with Crippen LogP contribution in [0.3, 0.4) is 0 Å². The molecule has 0 heterocycles. The molecule has 0 N–H and O–H groups in total. The van der Waals surface area contributed by atoms with Gasteiger partial charge >= 0.3 is 0 Å². The van der Waals surface area contributed by atoms with Gasteiger partial charge in [0.2, 0.25) is 0 Å². The summed E-state index contributed by atoms with van der Waals surface area (Å²) in [5.74, 6) is -0.753. The zero-order valence-corrected chi connectivity index (χ0v) is 9.16. The summed E-state index contributed by atoms with van der Waals surface area (Å²) in [4.78, 5) is 9.76. The van der Waals surface area contributed by atoms with Gasteiger partial charge in [-0.15, -0.1) is 11.6 Å². The van der Waals surface area contributed by atoms with E-state index in [1.165, 1.54) is 12.1 Å². The Morgan fingerprint density at radius 1 is 1.47 bits per heavy atom. The number of hydrogen-bond acceptors (Lipinski definition) is 2. The molecule has 3 nitrogen and oxygen atoms in total. The zero-order valence-electron chi connectivity index (χ0n) is 8.41. The van der Waals surface area contributed by atoms with E-state index in [1.807, 2.05) is 0 Å². The van der Waals surface area contributed by atoms with Gasteiger partial charge in [-0.2, -0.15) is 0 Å². The third-order valence-corrected chi connectivity index (χ3v) is 2.75. The number of nitro groups is 1. The van der Waals surface area contributed by atoms with Crippen molar-refractivity contribution in [3.05, 3.63) is 39.7 Å². The van der Waals surface area contributed by atoms with Crippen LogP contribution in [0.15, 0.2) is 18.2 Å². The number of non-ortho nitro benzene ring substituents is 1. The van der Waals surface area contributed by atoms with Crippen molar-refractivity contribution in [3.63, 3.8) is 0 Å². The van der Waals surface area contributed by atoms with E-state index in [0.717, 1.165) is 6.07 Å². The summed E-state index contributed by atoms with van der Waals surface area (Å²) >= 11 is 5.84. The van der Waals surface area contributed by atoms with Crippen LogP contribution in [0.25, 0.3) is 0 Å². The van der Waals surface area contributed by atoms with Gasteiger partial charge in [-0.1, -0.05) is 6.92 Å². The largest absolute Gasteiger partial charge is 0.272 e. The molecular formula is C10H11ClFNO2. The molecular weight excluding hydrogens is 221 g/mol. The molecule has 1 aromatic carbocycles. The Hall–Kier alpha value is -1.16. The molecule has 0 saturated heterocycles. The van der Waals surface area contributed by atoms with Crippen LogP contribution in [0.5, 0.6) is 0 Å². The molecule has 0 aliphatic rings. The molecule has 2 atom stereocenters. The lowest BCUT2D eigenvalue weighted by Crippen LogP contribution is -2.07. The summed E-state index contributed by atoms with van der Waals surface area (Å²) in [7, 11) is 0. The second kappa shape index (κ2) is 4.57. The van der Waals surface area contributed by atoms with Crippen LogP contribution >= 0.6 is 11.6 Å². The maximum Gasteiger partial charge on any atom is 0.272 e. The molecule has 15 heavy (non-hydrogen) atoms. The van der Waals surface area contributed by atoms with Gasteiger partial charge in [0.25, 0.3) is 5.69 Å². The Bertz CT molecular complexity index is 382. The summed E-state index contributed by atoms with van der Waals surface area (Å²) in [5.41, 5.74) is 0.161. The summed E-state index contributed by atoms with van der Waals surface area (Å²) in [5, 5.41) is 10.2. The van der Waals surface area contributed by atoms with Crippen molar-refractivity contribution in [3.8, 4) is 0 Å². The Kier molecular flexibility index (Phi) is 3.63. The number of benzene rings is 1. The van der Waals surface area contributed by atoms with Crippen LogP contribution in [-0.2, 0) is 0 Å². The molecule has 0 bridgehead atoms. The minimum absolute atomic E-state index is 0.174. The lowest BCUT2D eigenvalue weighted by atomic mass is 9.97. The van der Waals surface area contributed by atoms with Crippen molar-refractivity contribution in [2.24, 2.45) is 0 Å². The predicted molar refractivity (Wildman–Crippen MR) is 56.8 cm³/mol. The monoisotopic (exact) mass is 231 g/mol. The van der Waals surface area contributed by atoms with Gasteiger partial charge < -0.3 is 0 Å². The Labute approximate surface area is 92.0 Å². The third-order valence-electron chi connectivity index (χ3n) is 2.37. The fourth-order valence-corrected chi connectivity index (χ4v) is 1.38. The van der Waals surface area contributed by atoms with Crippen molar-refractivity contribution < 1.29 is 9.31 Å². The SMILES string of the molecule is CC(Cl)C(C)c1ccc([N+](=O)[O-])cc1F. The number of rotatable bonds is 3. The van der Waals surface area contributed by atoms with Gasteiger partial charge in [-0.25, -0.2) is 4.39 Å². The van der Waals surface area contributed by atoms with Crippen LogP contribution in [-0.4, -0.2) is 10.3 Å². The topological polar surface area (TPSA) is 43.1 Å². The molecule has 0 aliphatic heterocycles. The lowest BCUT2D eigenvalue weighted by molar-refractivity contribution is -0.385. The van der Waals surface area contributed by atoms with E-state index in [1.54, 1.807) is 13.8 Å². The second-order valence-electron chi connectivity index (χ2n) is 3.43. The number of nitrogens with zero attached hydrogens (tertiary/aromatic N) is 1. The van der Waals surface area contributed by atoms with Gasteiger partial charge in [-0.05, 0) is 18.6 Å². The highest BCUT2D eigenvalue weighted by Crippen LogP contribution is 2.27. The van der Waals surface area contributed by atoms with Crippen LogP contribution in [0, 0.1) is 15.9 Å². The molecule has 0 aromatic heterocycles. The van der Waals surface area contributed by atoms with E-state index in [4.69, 9.17) is 11.6 Å². The minimum Gasteiger partial charge on any atom is -0.258 e. The summed E-state index contributed by atoms with van der Waals surface area (Å²) in [6, 6.07) is 3.62. The summed E-state index contributed by atoms with van der Waals surface area (Å²) < 4.78 is 13.5. The fraction of sp³-hybridized carbons (Fsp3) is 0.400. The summed E-state index contributed by atoms with van der Waals surface area (Å²) in [6.07, 6.45) is 0. The minimum atomic E-state index is -0.623. The smallest absolute Gasteiger partial charge is 0.258 e. The first-order valence-corrected chi connectivity index (χ1v) is 4.95. The molecule has 0 amide bonds. The molecule has 1 aromatic rings. The summed E-state index contributed by atoms with van der Waals surface area (Å²) in [6.45, 7) is 3.54. The Morgan fingerprint density at radius 3 is 2.47 bits per heavy atom. The fourth-order valence-electron chi connectivity index (χ4n) is 1.25. The first kappa shape index (κ1) is 11.9. The second-order valence-corrected chi connectivity index (χ2v) is 4.12. The lowest BCUT2D eigenvalue weighted by Gasteiger charge is -2.14. The van der Waals surface area contributed by atoms with Crippen molar-refractivity contribution >= 4 is 17.3 Å². The highest BCUT2D eigenvalue weighted by atomic mass is 35.5. The molecule has 0 aliphatic carbocycles. The molecule has 82 valence electrons. The highest BCUT2D eigenvalue weighted by Gasteiger charge is 2.18. The number of nitro benzene ring substituents is 1. The van der Waals surface area contributed by atoms with Crippen LogP contribution in [0.2, 0.25) is 0 Å². The van der Waals surface area contributed by atoms with E-state index >= 15 is 0 Å². The standard InChI is InChI=1S/C10H11ClFNO2/c1-6(7(2)11)9-4-3-8(13(14)15)5-10(9)12/h3-7H,1-2H3. The van der Waals surface area contributed by atoms with Gasteiger partial charge in [0.05, 0.1) is 11.0 Å². The van der Waals surface area contributed by atoms with Crippen molar-refractivity contribution in [2.75, 3.05) is 0 Å². The zero-order chi connectivity index (χ0) is 11.6. The van der Waals surface area contributed by atoms with Gasteiger partial charge in [0.15, 0.2) is 0 Å². The number of halogens is 2. The van der Waals surface area contributed by atoms with Gasteiger partial charge in [0.1, 0.15) is 5.82 Å². The first-order valence-electron chi connectivity index (χ1n) is 4.51. The average Bonchev–Trinajstić information content (AvgIpc) is 2.16. The van der Waals surface area contributed by atoms with Crippen molar-refractivity contribution in [1.29, 1.82) is 0 Å². The van der Waals surface area contributed by atoms with Crippen LogP contribution in [0.1, 0.15) is 25.3 Å². The van der Waals surface area contributed by atoms with E-state index in [-0.39, 0.29) is 17.0 Å². The van der Waals surface area contributed by atoms with Crippen molar-refractivity contribution in [2.45, 2.75) is 25.1 Å². The quantitative estimate of drug-likeness (QED) is 0.454. The molecule has 0 radical (unpaired) electrons. The molecule has 1 rings (SSSR count). The highest BCUT2D eigenvalue weighted by molar-refractivity contribution is 6.20. The number of alkyl halides is 1. The van der Waals surface area contributed by atoms with Crippen LogP contribution < -0.4 is 0 Å². The van der Waals surface area contributed by atoms with Gasteiger partial charge in [0, 0.05) is 17.4 Å². The third kappa shape index (κ3) is 2.65. The maximum atomic E-state index is 13.5. The van der Waals surface area contributed by atoms with E-state index < -0.39 is 10.7 Å².